The average molecular weight is 473 g/mol. The maximum absolute atomic E-state index is 14.2. The molecule has 1 amide bonds. The Balaban J connectivity index is 0.000000968. The van der Waals surface area contributed by atoms with Crippen LogP contribution in [0.25, 0.3) is 0 Å². The Morgan fingerprint density at radius 1 is 1.21 bits per heavy atom. The largest absolute Gasteiger partial charge is 0.416 e. The Kier molecular flexibility index (Phi) is 8.78. The van der Waals surface area contributed by atoms with E-state index in [4.69, 9.17) is 4.74 Å². The molecule has 186 valence electrons. The van der Waals surface area contributed by atoms with E-state index in [2.05, 4.69) is 26.1 Å². The zero-order valence-electron chi connectivity index (χ0n) is 19.8. The maximum Gasteiger partial charge on any atom is 0.416 e. The van der Waals surface area contributed by atoms with Gasteiger partial charge in [0, 0.05) is 37.7 Å². The van der Waals surface area contributed by atoms with E-state index in [1.54, 1.807) is 4.90 Å². The lowest BCUT2D eigenvalue weighted by molar-refractivity contribution is -0.137. The van der Waals surface area contributed by atoms with Crippen molar-refractivity contribution in [2.45, 2.75) is 84.1 Å². The molecule has 2 aliphatic heterocycles. The molecule has 33 heavy (non-hydrogen) atoms. The molecule has 0 aromatic heterocycles. The van der Waals surface area contributed by atoms with Crippen molar-refractivity contribution < 1.29 is 27.1 Å². The molecule has 4 rings (SSSR count). The molecule has 1 aromatic carbocycles. The number of benzene rings is 1. The number of alkyl halides is 3. The van der Waals surface area contributed by atoms with Crippen LogP contribution >= 0.6 is 0 Å². The molecule has 1 aromatic rings. The Bertz CT molecular complexity index is 814. The minimum atomic E-state index is -4.60. The summed E-state index contributed by atoms with van der Waals surface area (Å²) in [5.41, 5.74) is -0.430. The van der Waals surface area contributed by atoms with Gasteiger partial charge >= 0.3 is 6.18 Å². The van der Waals surface area contributed by atoms with E-state index in [-0.39, 0.29) is 36.4 Å². The summed E-state index contributed by atoms with van der Waals surface area (Å²) >= 11 is 0. The SMILES string of the molecule is CC1COCCC1NC1CC[C@H](C(=O)N2CCc3c(F)cc(C(F)(F)F)cc3C2)C1.CCC. The van der Waals surface area contributed by atoms with Gasteiger partial charge in [-0.1, -0.05) is 27.2 Å². The maximum atomic E-state index is 14.2. The van der Waals surface area contributed by atoms with Crippen molar-refractivity contribution in [3.8, 4) is 0 Å². The number of amides is 1. The summed E-state index contributed by atoms with van der Waals surface area (Å²) < 4.78 is 58.8. The molecule has 1 aliphatic carbocycles. The second kappa shape index (κ2) is 11.2. The van der Waals surface area contributed by atoms with Crippen LogP contribution in [0.4, 0.5) is 17.6 Å². The number of hydrogen-bond acceptors (Lipinski definition) is 3. The third kappa shape index (κ3) is 6.47. The van der Waals surface area contributed by atoms with Crippen LogP contribution in [0.1, 0.15) is 69.6 Å². The molecule has 1 saturated carbocycles. The van der Waals surface area contributed by atoms with Gasteiger partial charge in [0.2, 0.25) is 5.91 Å². The highest BCUT2D eigenvalue weighted by molar-refractivity contribution is 5.79. The average Bonchev–Trinajstić information content (AvgIpc) is 3.23. The number of rotatable bonds is 3. The number of nitrogens with one attached hydrogen (secondary N) is 1. The van der Waals surface area contributed by atoms with Crippen LogP contribution in [0.2, 0.25) is 0 Å². The second-order valence-corrected chi connectivity index (χ2v) is 9.63. The van der Waals surface area contributed by atoms with E-state index < -0.39 is 17.6 Å². The van der Waals surface area contributed by atoms with Crippen molar-refractivity contribution in [3.05, 3.63) is 34.6 Å². The Hall–Kier alpha value is -1.67. The van der Waals surface area contributed by atoms with Crippen LogP contribution in [0, 0.1) is 17.7 Å². The van der Waals surface area contributed by atoms with Crippen molar-refractivity contribution in [1.82, 2.24) is 10.2 Å². The predicted molar refractivity (Wildman–Crippen MR) is 119 cm³/mol. The molecule has 0 bridgehead atoms. The quantitative estimate of drug-likeness (QED) is 0.605. The topological polar surface area (TPSA) is 41.6 Å². The molecule has 1 saturated heterocycles. The van der Waals surface area contributed by atoms with Crippen molar-refractivity contribution in [2.24, 2.45) is 11.8 Å². The van der Waals surface area contributed by atoms with E-state index in [9.17, 15) is 22.4 Å². The van der Waals surface area contributed by atoms with E-state index >= 15 is 0 Å². The summed E-state index contributed by atoms with van der Waals surface area (Å²) in [6.45, 7) is 8.30. The normalized spacial score (nSPS) is 27.5. The van der Waals surface area contributed by atoms with Crippen molar-refractivity contribution >= 4 is 5.91 Å². The third-order valence-corrected chi connectivity index (χ3v) is 6.79. The molecule has 4 nitrogen and oxygen atoms in total. The fraction of sp³-hybridized carbons (Fsp3) is 0.720. The van der Waals surface area contributed by atoms with Crippen LogP contribution < -0.4 is 5.32 Å². The van der Waals surface area contributed by atoms with Crippen LogP contribution in [-0.4, -0.2) is 42.6 Å². The molecular formula is C25H36F4N2O2. The fourth-order valence-corrected chi connectivity index (χ4v) is 5.04. The molecule has 3 unspecified atom stereocenters. The van der Waals surface area contributed by atoms with Gasteiger partial charge in [-0.3, -0.25) is 4.79 Å². The van der Waals surface area contributed by atoms with Gasteiger partial charge in [-0.15, -0.1) is 0 Å². The number of hydrogen-bond donors (Lipinski definition) is 1. The first-order valence-corrected chi connectivity index (χ1v) is 12.1. The molecule has 1 N–H and O–H groups in total. The van der Waals surface area contributed by atoms with Gasteiger partial charge in [0.05, 0.1) is 12.2 Å². The summed E-state index contributed by atoms with van der Waals surface area (Å²) in [7, 11) is 0. The lowest BCUT2D eigenvalue weighted by Crippen LogP contribution is -2.46. The summed E-state index contributed by atoms with van der Waals surface area (Å²) in [6, 6.07) is 2.21. The molecule has 8 heteroatoms. The highest BCUT2D eigenvalue weighted by atomic mass is 19.4. The zero-order valence-corrected chi connectivity index (χ0v) is 19.8. The van der Waals surface area contributed by atoms with Gasteiger partial charge in [0.1, 0.15) is 5.82 Å². The van der Waals surface area contributed by atoms with E-state index in [1.807, 2.05) is 0 Å². The van der Waals surface area contributed by atoms with Gasteiger partial charge in [-0.2, -0.15) is 13.2 Å². The van der Waals surface area contributed by atoms with Crippen molar-refractivity contribution in [1.29, 1.82) is 0 Å². The molecule has 0 spiro atoms. The molecular weight excluding hydrogens is 436 g/mol. The first-order valence-electron chi connectivity index (χ1n) is 12.1. The van der Waals surface area contributed by atoms with Crippen molar-refractivity contribution in [2.75, 3.05) is 19.8 Å². The highest BCUT2D eigenvalue weighted by Crippen LogP contribution is 2.35. The lowest BCUT2D eigenvalue weighted by atomic mass is 9.94. The fourth-order valence-electron chi connectivity index (χ4n) is 5.04. The van der Waals surface area contributed by atoms with Gasteiger partial charge in [0.15, 0.2) is 0 Å². The summed E-state index contributed by atoms with van der Waals surface area (Å²) in [5.74, 6) is -0.551. The van der Waals surface area contributed by atoms with Crippen molar-refractivity contribution in [3.63, 3.8) is 0 Å². The molecule has 0 radical (unpaired) electrons. The minimum Gasteiger partial charge on any atom is -0.381 e. The Labute approximate surface area is 194 Å². The van der Waals surface area contributed by atoms with Crippen LogP contribution in [-0.2, 0) is 28.7 Å². The third-order valence-electron chi connectivity index (χ3n) is 6.79. The smallest absolute Gasteiger partial charge is 0.381 e. The lowest BCUT2D eigenvalue weighted by Gasteiger charge is -2.33. The zero-order chi connectivity index (χ0) is 24.2. The first kappa shape index (κ1) is 25.9. The second-order valence-electron chi connectivity index (χ2n) is 9.63. The van der Waals surface area contributed by atoms with Gasteiger partial charge in [0.25, 0.3) is 0 Å². The van der Waals surface area contributed by atoms with E-state index in [0.29, 0.717) is 30.1 Å². The van der Waals surface area contributed by atoms with Gasteiger partial charge < -0.3 is 15.0 Å². The molecule has 4 atom stereocenters. The number of halogens is 4. The minimum absolute atomic E-state index is 0.0252. The summed E-state index contributed by atoms with van der Waals surface area (Å²) in [6.07, 6.45) is 0.286. The predicted octanol–water partition coefficient (Wildman–Crippen LogP) is 5.33. The highest BCUT2D eigenvalue weighted by Gasteiger charge is 2.37. The summed E-state index contributed by atoms with van der Waals surface area (Å²) in [4.78, 5) is 14.6. The van der Waals surface area contributed by atoms with Crippen LogP contribution in [0.15, 0.2) is 12.1 Å². The molecule has 2 fully saturated rings. The van der Waals surface area contributed by atoms with Crippen LogP contribution in [0.3, 0.4) is 0 Å². The number of carbonyl (C=O) groups is 1. The summed E-state index contributed by atoms with van der Waals surface area (Å²) in [5, 5.41) is 3.68. The number of nitrogens with zero attached hydrogens (tertiary/aromatic N) is 1. The Morgan fingerprint density at radius 3 is 2.61 bits per heavy atom. The number of ether oxygens (including phenoxy) is 1. The standard InChI is InChI=1S/C22H28F4N2O2.C3H8/c1-13-12-30-7-5-20(13)27-17-3-2-14(9-17)21(29)28-6-4-18-15(11-28)8-16(10-19(18)23)22(24,25)26;1-3-2/h8,10,13-14,17,20,27H,2-7,9,11-12H2,1H3;3H2,1-2H3/t13?,14-,17?,20?;/m0./s1. The van der Waals surface area contributed by atoms with E-state index in [1.165, 1.54) is 6.42 Å². The Morgan fingerprint density at radius 2 is 1.94 bits per heavy atom. The van der Waals surface area contributed by atoms with Gasteiger partial charge in [-0.05, 0) is 61.3 Å². The number of fused-ring (bicyclic) bond motifs is 1. The molecule has 3 aliphatic rings. The van der Waals surface area contributed by atoms with Crippen LogP contribution in [0.5, 0.6) is 0 Å². The molecule has 2 heterocycles. The monoisotopic (exact) mass is 472 g/mol. The number of carbonyl (C=O) groups excluding carboxylic acids is 1. The van der Waals surface area contributed by atoms with E-state index in [0.717, 1.165) is 45.0 Å². The van der Waals surface area contributed by atoms with Gasteiger partial charge in [-0.25, -0.2) is 4.39 Å². The first-order chi connectivity index (χ1) is 15.6.